The summed E-state index contributed by atoms with van der Waals surface area (Å²) in [6.07, 6.45) is 0.468. The van der Waals surface area contributed by atoms with Crippen LogP contribution >= 0.6 is 0 Å². The van der Waals surface area contributed by atoms with E-state index in [-0.39, 0.29) is 17.5 Å². The molecule has 1 saturated heterocycles. The van der Waals surface area contributed by atoms with Gasteiger partial charge in [0.2, 0.25) is 0 Å². The molecule has 0 amide bonds. The molecule has 1 fully saturated rings. The summed E-state index contributed by atoms with van der Waals surface area (Å²) in [6, 6.07) is 6.57. The number of anilines is 1. The average Bonchev–Trinajstić information content (AvgIpc) is 2.32. The second-order valence-electron chi connectivity index (χ2n) is 4.32. The fourth-order valence-corrected chi connectivity index (χ4v) is 2.04. The van der Waals surface area contributed by atoms with Gasteiger partial charge in [0.15, 0.2) is 0 Å². The number of ether oxygens (including phenoxy) is 1. The summed E-state index contributed by atoms with van der Waals surface area (Å²) >= 11 is 0. The Balaban J connectivity index is 2.03. The third-order valence-electron chi connectivity index (χ3n) is 3.03. The second kappa shape index (κ2) is 5.27. The minimum atomic E-state index is -0.265. The molecule has 1 heterocycles. The largest absolute Gasteiger partial charge is 0.380 e. The van der Waals surface area contributed by atoms with Crippen LogP contribution in [0.15, 0.2) is 24.3 Å². The van der Waals surface area contributed by atoms with Crippen LogP contribution in [0.25, 0.3) is 0 Å². The number of nitrogens with zero attached hydrogens (tertiary/aromatic N) is 1. The van der Waals surface area contributed by atoms with E-state index in [4.69, 9.17) is 4.74 Å². The Kier molecular flexibility index (Phi) is 3.74. The van der Waals surface area contributed by atoms with Gasteiger partial charge >= 0.3 is 0 Å². The van der Waals surface area contributed by atoms with Crippen molar-refractivity contribution >= 4 is 11.5 Å². The summed E-state index contributed by atoms with van der Waals surface area (Å²) in [6.45, 7) is 1.45. The Morgan fingerprint density at radius 3 is 2.94 bits per heavy atom. The van der Waals surface area contributed by atoms with Crippen LogP contribution in [-0.2, 0) is 9.53 Å². The van der Waals surface area contributed by atoms with Gasteiger partial charge in [-0.05, 0) is 12.1 Å². The molecule has 0 spiro atoms. The van der Waals surface area contributed by atoms with Crippen molar-refractivity contribution < 1.29 is 13.9 Å². The predicted molar refractivity (Wildman–Crippen MR) is 63.6 cm³/mol. The van der Waals surface area contributed by atoms with Crippen molar-refractivity contribution in [3.63, 3.8) is 0 Å². The number of rotatable bonds is 3. The van der Waals surface area contributed by atoms with Gasteiger partial charge in [0.25, 0.3) is 0 Å². The van der Waals surface area contributed by atoms with Crippen LogP contribution in [0, 0.1) is 11.7 Å². The molecule has 1 aliphatic heterocycles. The van der Waals surface area contributed by atoms with Crippen molar-refractivity contribution in [2.45, 2.75) is 6.42 Å². The number of para-hydroxylation sites is 1. The lowest BCUT2D eigenvalue weighted by Crippen LogP contribution is -2.37. The van der Waals surface area contributed by atoms with E-state index in [9.17, 15) is 9.18 Å². The van der Waals surface area contributed by atoms with Crippen molar-refractivity contribution in [1.29, 1.82) is 0 Å². The lowest BCUT2D eigenvalue weighted by molar-refractivity contribution is -0.129. The molecule has 0 bridgehead atoms. The number of Topliss-reactive ketones (excluding diaryl/α,β-unsaturated/α-hetero) is 1. The Bertz CT molecular complexity index is 408. The summed E-state index contributed by atoms with van der Waals surface area (Å²) in [7, 11) is 1.79. The SMILES string of the molecule is CN(CC1COCCC1=O)c1ccccc1F. The maximum atomic E-state index is 13.5. The van der Waals surface area contributed by atoms with Crippen LogP contribution in [-0.4, -0.2) is 32.6 Å². The van der Waals surface area contributed by atoms with E-state index in [0.29, 0.717) is 31.9 Å². The maximum Gasteiger partial charge on any atom is 0.146 e. The molecule has 1 unspecified atom stereocenters. The molecule has 3 nitrogen and oxygen atoms in total. The third-order valence-corrected chi connectivity index (χ3v) is 3.03. The van der Waals surface area contributed by atoms with Crippen LogP contribution in [0.2, 0.25) is 0 Å². The van der Waals surface area contributed by atoms with E-state index in [0.717, 1.165) is 0 Å². The number of benzene rings is 1. The summed E-state index contributed by atoms with van der Waals surface area (Å²) in [5, 5.41) is 0. The number of carbonyl (C=O) groups is 1. The quantitative estimate of drug-likeness (QED) is 0.803. The van der Waals surface area contributed by atoms with Crippen molar-refractivity contribution in [3.8, 4) is 0 Å². The Morgan fingerprint density at radius 2 is 2.24 bits per heavy atom. The van der Waals surface area contributed by atoms with Gasteiger partial charge in [-0.15, -0.1) is 0 Å². The zero-order valence-electron chi connectivity index (χ0n) is 9.86. The normalized spacial score (nSPS) is 20.4. The minimum absolute atomic E-state index is 0.145. The molecule has 1 atom stereocenters. The zero-order valence-corrected chi connectivity index (χ0v) is 9.86. The van der Waals surface area contributed by atoms with Crippen LogP contribution in [0.4, 0.5) is 10.1 Å². The summed E-state index contributed by atoms with van der Waals surface area (Å²) in [4.78, 5) is 13.4. The van der Waals surface area contributed by atoms with Crippen molar-refractivity contribution in [1.82, 2.24) is 0 Å². The van der Waals surface area contributed by atoms with E-state index >= 15 is 0 Å². The maximum absolute atomic E-state index is 13.5. The van der Waals surface area contributed by atoms with Crippen molar-refractivity contribution in [3.05, 3.63) is 30.1 Å². The molecule has 17 heavy (non-hydrogen) atoms. The first-order valence-electron chi connectivity index (χ1n) is 5.74. The molecule has 0 saturated carbocycles. The summed E-state index contributed by atoms with van der Waals surface area (Å²) < 4.78 is 18.8. The first-order chi connectivity index (χ1) is 8.18. The first-order valence-corrected chi connectivity index (χ1v) is 5.74. The highest BCUT2D eigenvalue weighted by Crippen LogP contribution is 2.20. The highest BCUT2D eigenvalue weighted by molar-refractivity contribution is 5.82. The number of hydrogen-bond acceptors (Lipinski definition) is 3. The van der Waals surface area contributed by atoms with Crippen LogP contribution in [0.1, 0.15) is 6.42 Å². The van der Waals surface area contributed by atoms with E-state index in [1.807, 2.05) is 0 Å². The summed E-state index contributed by atoms with van der Waals surface area (Å²) in [5.41, 5.74) is 0.519. The van der Waals surface area contributed by atoms with Crippen molar-refractivity contribution in [2.75, 3.05) is 31.7 Å². The second-order valence-corrected chi connectivity index (χ2v) is 4.32. The Labute approximate surface area is 100 Å². The Hall–Kier alpha value is -1.42. The molecule has 2 rings (SSSR count). The molecule has 1 aromatic carbocycles. The van der Waals surface area contributed by atoms with Gasteiger partial charge in [-0.3, -0.25) is 4.79 Å². The number of ketones is 1. The lowest BCUT2D eigenvalue weighted by Gasteiger charge is -2.27. The molecule has 0 radical (unpaired) electrons. The highest BCUT2D eigenvalue weighted by atomic mass is 19.1. The third kappa shape index (κ3) is 2.82. The standard InChI is InChI=1S/C13H16FNO2/c1-15(12-5-3-2-4-11(12)14)8-10-9-17-7-6-13(10)16/h2-5,10H,6-9H2,1H3. The van der Waals surface area contributed by atoms with Gasteiger partial charge in [-0.2, -0.15) is 0 Å². The van der Waals surface area contributed by atoms with E-state index < -0.39 is 0 Å². The molecule has 0 aromatic heterocycles. The fraction of sp³-hybridized carbons (Fsp3) is 0.462. The molecule has 92 valence electrons. The monoisotopic (exact) mass is 237 g/mol. The molecule has 0 aliphatic carbocycles. The molecule has 0 N–H and O–H groups in total. The van der Waals surface area contributed by atoms with Gasteiger partial charge < -0.3 is 9.64 Å². The average molecular weight is 237 g/mol. The molecular formula is C13H16FNO2. The van der Waals surface area contributed by atoms with Gasteiger partial charge in [-0.25, -0.2) is 4.39 Å². The zero-order chi connectivity index (χ0) is 12.3. The van der Waals surface area contributed by atoms with Gasteiger partial charge in [0, 0.05) is 20.0 Å². The van der Waals surface area contributed by atoms with Crippen LogP contribution in [0.3, 0.4) is 0 Å². The van der Waals surface area contributed by atoms with Gasteiger partial charge in [0.05, 0.1) is 24.8 Å². The number of halogens is 1. The molecule has 1 aromatic rings. The predicted octanol–water partition coefficient (Wildman–Crippen LogP) is 1.87. The lowest BCUT2D eigenvalue weighted by atomic mass is 10.00. The van der Waals surface area contributed by atoms with E-state index in [2.05, 4.69) is 0 Å². The molecule has 1 aliphatic rings. The topological polar surface area (TPSA) is 29.5 Å². The fourth-order valence-electron chi connectivity index (χ4n) is 2.04. The molecule has 4 heteroatoms. The van der Waals surface area contributed by atoms with Crippen molar-refractivity contribution in [2.24, 2.45) is 5.92 Å². The van der Waals surface area contributed by atoms with E-state index in [1.54, 1.807) is 30.1 Å². The smallest absolute Gasteiger partial charge is 0.146 e. The Morgan fingerprint density at radius 1 is 1.47 bits per heavy atom. The van der Waals surface area contributed by atoms with Gasteiger partial charge in [-0.1, -0.05) is 12.1 Å². The van der Waals surface area contributed by atoms with E-state index in [1.165, 1.54) is 6.07 Å². The highest BCUT2D eigenvalue weighted by Gasteiger charge is 2.24. The molecular weight excluding hydrogens is 221 g/mol. The number of hydrogen-bond donors (Lipinski definition) is 0. The minimum Gasteiger partial charge on any atom is -0.380 e. The first kappa shape index (κ1) is 12.0. The summed E-state index contributed by atoms with van der Waals surface area (Å²) in [5.74, 6) is -0.202. The van der Waals surface area contributed by atoms with Gasteiger partial charge in [0.1, 0.15) is 11.6 Å². The number of carbonyl (C=O) groups excluding carboxylic acids is 1. The van der Waals surface area contributed by atoms with Crippen LogP contribution < -0.4 is 4.90 Å². The van der Waals surface area contributed by atoms with Crippen LogP contribution in [0.5, 0.6) is 0 Å².